The number of hydrogen-bond donors (Lipinski definition) is 2. The molecular weight excluding hydrogens is 132 g/mol. The second-order valence-corrected chi connectivity index (χ2v) is 1.60. The van der Waals surface area contributed by atoms with Crippen LogP contribution in [0, 0.1) is 0 Å². The van der Waals surface area contributed by atoms with E-state index in [0.717, 1.165) is 0 Å². The van der Waals surface area contributed by atoms with Gasteiger partial charge in [-0.1, -0.05) is 0 Å². The van der Waals surface area contributed by atoms with E-state index < -0.39 is 0 Å². The molecule has 0 aromatic carbocycles. The van der Waals surface area contributed by atoms with Crippen LogP contribution in [0.5, 0.6) is 0 Å². The van der Waals surface area contributed by atoms with Gasteiger partial charge < -0.3 is 20.9 Å². The predicted octanol–water partition coefficient (Wildman–Crippen LogP) is -0.592. The standard InChI is InChI=1S/C6H14N2O2/c7-1-3-9-5-6-10-4-2-8/h1,3H,2,4-8H2. The molecule has 0 saturated heterocycles. The quantitative estimate of drug-likeness (QED) is 0.388. The summed E-state index contributed by atoms with van der Waals surface area (Å²) < 4.78 is 9.86. The Hall–Kier alpha value is -0.740. The topological polar surface area (TPSA) is 70.5 Å². The second kappa shape index (κ2) is 8.26. The summed E-state index contributed by atoms with van der Waals surface area (Å²) in [6.45, 7) is 2.21. The van der Waals surface area contributed by atoms with Crippen molar-refractivity contribution in [2.45, 2.75) is 0 Å². The van der Waals surface area contributed by atoms with E-state index in [4.69, 9.17) is 20.9 Å². The zero-order chi connectivity index (χ0) is 7.66. The van der Waals surface area contributed by atoms with Gasteiger partial charge in [-0.15, -0.1) is 0 Å². The van der Waals surface area contributed by atoms with Crippen molar-refractivity contribution in [1.82, 2.24) is 0 Å². The molecule has 0 rings (SSSR count). The molecule has 0 unspecified atom stereocenters. The fraction of sp³-hybridized carbons (Fsp3) is 0.667. The van der Waals surface area contributed by atoms with Gasteiger partial charge >= 0.3 is 0 Å². The van der Waals surface area contributed by atoms with Gasteiger partial charge in [0.15, 0.2) is 0 Å². The molecule has 0 fully saturated rings. The molecule has 0 aromatic heterocycles. The summed E-state index contributed by atoms with van der Waals surface area (Å²) in [5.41, 5.74) is 10.2. The summed E-state index contributed by atoms with van der Waals surface area (Å²) in [5.74, 6) is 0. The van der Waals surface area contributed by atoms with E-state index in [1.807, 2.05) is 0 Å². The van der Waals surface area contributed by atoms with Crippen molar-refractivity contribution in [2.24, 2.45) is 11.5 Å². The van der Waals surface area contributed by atoms with Gasteiger partial charge in [-0.05, 0) is 0 Å². The summed E-state index contributed by atoms with van der Waals surface area (Å²) in [4.78, 5) is 0. The molecule has 4 heteroatoms. The molecule has 4 nitrogen and oxygen atoms in total. The third kappa shape index (κ3) is 7.26. The normalized spacial score (nSPS) is 10.5. The van der Waals surface area contributed by atoms with Crippen molar-refractivity contribution < 1.29 is 9.47 Å². The average Bonchev–Trinajstić information content (AvgIpc) is 1.97. The molecule has 0 aliphatic carbocycles. The third-order valence-electron chi connectivity index (χ3n) is 0.783. The molecule has 0 aliphatic heterocycles. The maximum Gasteiger partial charge on any atom is 0.111 e. The molecule has 0 saturated carbocycles. The highest BCUT2D eigenvalue weighted by atomic mass is 16.5. The van der Waals surface area contributed by atoms with E-state index in [1.54, 1.807) is 0 Å². The Morgan fingerprint density at radius 3 is 2.60 bits per heavy atom. The summed E-state index contributed by atoms with van der Waals surface area (Å²) in [6, 6.07) is 0. The Morgan fingerprint density at radius 2 is 2.00 bits per heavy atom. The fourth-order valence-electron chi connectivity index (χ4n) is 0.416. The molecule has 0 aromatic rings. The van der Waals surface area contributed by atoms with Crippen LogP contribution in [-0.4, -0.2) is 26.4 Å². The van der Waals surface area contributed by atoms with E-state index in [0.29, 0.717) is 26.4 Å². The molecule has 0 bridgehead atoms. The van der Waals surface area contributed by atoms with Crippen LogP contribution < -0.4 is 11.5 Å². The Morgan fingerprint density at radius 1 is 1.20 bits per heavy atom. The van der Waals surface area contributed by atoms with Crippen LogP contribution in [0.25, 0.3) is 0 Å². The van der Waals surface area contributed by atoms with Gasteiger partial charge in [0.05, 0.1) is 19.5 Å². The number of rotatable bonds is 6. The first-order chi connectivity index (χ1) is 4.91. The van der Waals surface area contributed by atoms with Crippen LogP contribution in [-0.2, 0) is 9.47 Å². The SMILES string of the molecule is NC=COCCOCCN. The Kier molecular flexibility index (Phi) is 7.65. The lowest BCUT2D eigenvalue weighted by molar-refractivity contribution is 0.0895. The van der Waals surface area contributed by atoms with E-state index in [2.05, 4.69) is 0 Å². The maximum atomic E-state index is 5.17. The Balaban J connectivity index is 2.77. The monoisotopic (exact) mass is 146 g/mol. The van der Waals surface area contributed by atoms with Crippen LogP contribution in [0.1, 0.15) is 0 Å². The van der Waals surface area contributed by atoms with Crippen molar-refractivity contribution in [3.8, 4) is 0 Å². The van der Waals surface area contributed by atoms with Crippen molar-refractivity contribution in [1.29, 1.82) is 0 Å². The zero-order valence-electron chi connectivity index (χ0n) is 5.95. The smallest absolute Gasteiger partial charge is 0.111 e. The molecular formula is C6H14N2O2. The maximum absolute atomic E-state index is 5.17. The van der Waals surface area contributed by atoms with Gasteiger partial charge in [0.1, 0.15) is 6.61 Å². The van der Waals surface area contributed by atoms with Crippen LogP contribution in [0.2, 0.25) is 0 Å². The first-order valence-corrected chi connectivity index (χ1v) is 3.18. The molecule has 10 heavy (non-hydrogen) atoms. The molecule has 0 amide bonds. The van der Waals surface area contributed by atoms with Crippen molar-refractivity contribution in [3.05, 3.63) is 12.5 Å². The highest BCUT2D eigenvalue weighted by Gasteiger charge is 1.83. The largest absolute Gasteiger partial charge is 0.497 e. The van der Waals surface area contributed by atoms with Crippen LogP contribution in [0.15, 0.2) is 12.5 Å². The fourth-order valence-corrected chi connectivity index (χ4v) is 0.416. The third-order valence-corrected chi connectivity index (χ3v) is 0.783. The van der Waals surface area contributed by atoms with E-state index >= 15 is 0 Å². The summed E-state index contributed by atoms with van der Waals surface area (Å²) in [6.07, 6.45) is 2.76. The first kappa shape index (κ1) is 9.26. The molecule has 4 N–H and O–H groups in total. The van der Waals surface area contributed by atoms with Crippen LogP contribution in [0.3, 0.4) is 0 Å². The molecule has 0 heterocycles. The summed E-state index contributed by atoms with van der Waals surface area (Å²) in [7, 11) is 0. The van der Waals surface area contributed by atoms with Gasteiger partial charge in [-0.25, -0.2) is 0 Å². The lowest BCUT2D eigenvalue weighted by Crippen LogP contribution is -2.11. The van der Waals surface area contributed by atoms with E-state index in [-0.39, 0.29) is 0 Å². The van der Waals surface area contributed by atoms with Crippen molar-refractivity contribution in [3.63, 3.8) is 0 Å². The minimum atomic E-state index is 0.522. The molecule has 0 spiro atoms. The van der Waals surface area contributed by atoms with Crippen molar-refractivity contribution >= 4 is 0 Å². The Labute approximate surface area is 60.8 Å². The lowest BCUT2D eigenvalue weighted by atomic mass is 10.7. The minimum absolute atomic E-state index is 0.522. The first-order valence-electron chi connectivity index (χ1n) is 3.18. The molecule has 0 atom stereocenters. The van der Waals surface area contributed by atoms with Crippen LogP contribution in [0.4, 0.5) is 0 Å². The van der Waals surface area contributed by atoms with Crippen LogP contribution >= 0.6 is 0 Å². The number of nitrogens with two attached hydrogens (primary N) is 2. The van der Waals surface area contributed by atoms with Gasteiger partial charge in [-0.2, -0.15) is 0 Å². The summed E-state index contributed by atoms with van der Waals surface area (Å²) in [5, 5.41) is 0. The Bertz CT molecular complexity index is 85.8. The second-order valence-electron chi connectivity index (χ2n) is 1.60. The molecule has 60 valence electrons. The van der Waals surface area contributed by atoms with Crippen molar-refractivity contribution in [2.75, 3.05) is 26.4 Å². The van der Waals surface area contributed by atoms with Gasteiger partial charge in [0.2, 0.25) is 0 Å². The zero-order valence-corrected chi connectivity index (χ0v) is 5.95. The van der Waals surface area contributed by atoms with Gasteiger partial charge in [-0.3, -0.25) is 0 Å². The molecule has 0 aliphatic rings. The highest BCUT2D eigenvalue weighted by molar-refractivity contribution is 4.62. The van der Waals surface area contributed by atoms with Gasteiger partial charge in [0, 0.05) is 12.7 Å². The highest BCUT2D eigenvalue weighted by Crippen LogP contribution is 1.77. The summed E-state index contributed by atoms with van der Waals surface area (Å²) >= 11 is 0. The predicted molar refractivity (Wildman–Crippen MR) is 39.2 cm³/mol. The van der Waals surface area contributed by atoms with Gasteiger partial charge in [0.25, 0.3) is 0 Å². The average molecular weight is 146 g/mol. The van der Waals surface area contributed by atoms with E-state index in [1.165, 1.54) is 12.5 Å². The lowest BCUT2D eigenvalue weighted by Gasteiger charge is -2.00. The minimum Gasteiger partial charge on any atom is -0.497 e. The molecule has 0 radical (unpaired) electrons. The number of hydrogen-bond acceptors (Lipinski definition) is 4. The number of ether oxygens (including phenoxy) is 2. The van der Waals surface area contributed by atoms with E-state index in [9.17, 15) is 0 Å².